The molecule has 0 saturated heterocycles. The lowest BCUT2D eigenvalue weighted by atomic mass is 10.3. The van der Waals surface area contributed by atoms with E-state index < -0.39 is 5.97 Å². The molecule has 0 fully saturated rings. The number of carbonyl (C=O) groups is 1. The number of fused-ring (bicyclic) bond motifs is 3. The first-order chi connectivity index (χ1) is 8.29. The molecule has 0 aliphatic carbocycles. The van der Waals surface area contributed by atoms with Crippen LogP contribution in [0.2, 0.25) is 0 Å². The van der Waals surface area contributed by atoms with Gasteiger partial charge in [0.25, 0.3) is 0 Å². The third-order valence-electron chi connectivity index (χ3n) is 2.59. The Morgan fingerprint density at radius 1 is 1.47 bits per heavy atom. The summed E-state index contributed by atoms with van der Waals surface area (Å²) in [5, 5.41) is 4.23. The van der Waals surface area contributed by atoms with E-state index in [0.717, 1.165) is 16.7 Å². The van der Waals surface area contributed by atoms with Crippen LogP contribution in [0.1, 0.15) is 17.4 Å². The molecule has 3 rings (SSSR count). The van der Waals surface area contributed by atoms with Crippen molar-refractivity contribution in [1.82, 2.24) is 14.6 Å². The summed E-state index contributed by atoms with van der Waals surface area (Å²) in [6.07, 6.45) is 0. The predicted molar refractivity (Wildman–Crippen MR) is 63.0 cm³/mol. The van der Waals surface area contributed by atoms with Gasteiger partial charge in [-0.2, -0.15) is 5.10 Å². The predicted octanol–water partition coefficient (Wildman–Crippen LogP) is 1.99. The molecule has 3 aromatic rings. The van der Waals surface area contributed by atoms with Gasteiger partial charge in [-0.05, 0) is 19.1 Å². The Hall–Kier alpha value is -2.30. The molecule has 0 saturated carbocycles. The normalized spacial score (nSPS) is 11.1. The first-order valence-electron chi connectivity index (χ1n) is 5.43. The summed E-state index contributed by atoms with van der Waals surface area (Å²) in [6.45, 7) is 2.13. The van der Waals surface area contributed by atoms with Gasteiger partial charge in [-0.15, -0.1) is 0 Å². The van der Waals surface area contributed by atoms with Gasteiger partial charge in [-0.25, -0.2) is 9.31 Å². The number of carbonyl (C=O) groups excluding carboxylic acids is 1. The Morgan fingerprint density at radius 3 is 3.12 bits per heavy atom. The highest BCUT2D eigenvalue weighted by molar-refractivity contribution is 5.90. The average Bonchev–Trinajstić information content (AvgIpc) is 2.86. The van der Waals surface area contributed by atoms with Crippen LogP contribution in [0, 0.1) is 0 Å². The Kier molecular flexibility index (Phi) is 2.11. The molecule has 17 heavy (non-hydrogen) atoms. The lowest BCUT2D eigenvalue weighted by Gasteiger charge is -1.95. The molecule has 1 aromatic carbocycles. The molecule has 1 N–H and O–H groups in total. The molecule has 0 spiro atoms. The summed E-state index contributed by atoms with van der Waals surface area (Å²) >= 11 is 0. The Labute approximate surface area is 97.0 Å². The van der Waals surface area contributed by atoms with Crippen LogP contribution in [0.5, 0.6) is 0 Å². The molecule has 0 atom stereocenters. The Bertz CT molecular complexity index is 696. The van der Waals surface area contributed by atoms with Crippen LogP contribution >= 0.6 is 0 Å². The van der Waals surface area contributed by atoms with Gasteiger partial charge in [0.1, 0.15) is 5.65 Å². The minimum atomic E-state index is -0.395. The number of esters is 1. The summed E-state index contributed by atoms with van der Waals surface area (Å²) in [5.74, 6) is -0.395. The minimum Gasteiger partial charge on any atom is -0.461 e. The number of nitrogens with one attached hydrogen (secondary N) is 1. The quantitative estimate of drug-likeness (QED) is 0.683. The third-order valence-corrected chi connectivity index (χ3v) is 2.59. The smallest absolute Gasteiger partial charge is 0.358 e. The number of H-pyrrole nitrogens is 1. The molecular weight excluding hydrogens is 218 g/mol. The van der Waals surface area contributed by atoms with E-state index in [1.807, 2.05) is 24.3 Å². The van der Waals surface area contributed by atoms with E-state index in [9.17, 15) is 4.79 Å². The van der Waals surface area contributed by atoms with Gasteiger partial charge in [0, 0.05) is 6.07 Å². The lowest BCUT2D eigenvalue weighted by molar-refractivity contribution is 0.0519. The van der Waals surface area contributed by atoms with Crippen LogP contribution in [0.3, 0.4) is 0 Å². The van der Waals surface area contributed by atoms with Gasteiger partial charge < -0.3 is 9.72 Å². The standard InChI is InChI=1S/C12H11N3O2/c1-2-17-12(16)9-7-11-13-8-5-3-4-6-10(8)15(11)14-9/h3-7,13H,2H2,1H3. The van der Waals surface area contributed by atoms with Gasteiger partial charge in [-0.3, -0.25) is 0 Å². The second kappa shape index (κ2) is 3.62. The van der Waals surface area contributed by atoms with Crippen molar-refractivity contribution < 1.29 is 9.53 Å². The van der Waals surface area contributed by atoms with Crippen molar-refractivity contribution in [2.24, 2.45) is 0 Å². The zero-order valence-electron chi connectivity index (χ0n) is 9.30. The topological polar surface area (TPSA) is 59.4 Å². The number of aromatic amines is 1. The van der Waals surface area contributed by atoms with Crippen molar-refractivity contribution in [3.8, 4) is 0 Å². The van der Waals surface area contributed by atoms with Crippen LogP contribution in [0.4, 0.5) is 0 Å². The van der Waals surface area contributed by atoms with Crippen molar-refractivity contribution in [1.29, 1.82) is 0 Å². The maximum absolute atomic E-state index is 11.5. The van der Waals surface area contributed by atoms with Gasteiger partial charge in [0.15, 0.2) is 5.69 Å². The van der Waals surface area contributed by atoms with Crippen molar-refractivity contribution >= 4 is 22.6 Å². The largest absolute Gasteiger partial charge is 0.461 e. The van der Waals surface area contributed by atoms with Crippen molar-refractivity contribution in [3.05, 3.63) is 36.0 Å². The van der Waals surface area contributed by atoms with Crippen LogP contribution in [0.15, 0.2) is 30.3 Å². The van der Waals surface area contributed by atoms with Crippen molar-refractivity contribution in [2.45, 2.75) is 6.92 Å². The minimum absolute atomic E-state index is 0.323. The zero-order chi connectivity index (χ0) is 11.8. The summed E-state index contributed by atoms with van der Waals surface area (Å²) in [7, 11) is 0. The van der Waals surface area contributed by atoms with E-state index in [0.29, 0.717) is 12.3 Å². The number of para-hydroxylation sites is 2. The molecule has 5 nitrogen and oxygen atoms in total. The van der Waals surface area contributed by atoms with Crippen LogP contribution < -0.4 is 0 Å². The van der Waals surface area contributed by atoms with E-state index in [4.69, 9.17) is 4.74 Å². The molecule has 0 aliphatic rings. The Morgan fingerprint density at radius 2 is 2.29 bits per heavy atom. The van der Waals surface area contributed by atoms with Gasteiger partial charge in [0.05, 0.1) is 17.6 Å². The number of imidazole rings is 1. The van der Waals surface area contributed by atoms with E-state index in [1.54, 1.807) is 17.5 Å². The molecule has 86 valence electrons. The molecule has 2 heterocycles. The number of hydrogen-bond donors (Lipinski definition) is 1. The maximum Gasteiger partial charge on any atom is 0.358 e. The molecule has 0 radical (unpaired) electrons. The molecule has 0 bridgehead atoms. The number of rotatable bonds is 2. The Balaban J connectivity index is 2.17. The fourth-order valence-electron chi connectivity index (χ4n) is 1.86. The van der Waals surface area contributed by atoms with E-state index >= 15 is 0 Å². The molecular formula is C12H11N3O2. The molecule has 0 amide bonds. The third kappa shape index (κ3) is 1.47. The molecule has 0 unspecified atom stereocenters. The second-order valence-corrected chi connectivity index (χ2v) is 3.69. The highest BCUT2D eigenvalue weighted by atomic mass is 16.5. The zero-order valence-corrected chi connectivity index (χ0v) is 9.30. The van der Waals surface area contributed by atoms with E-state index in [2.05, 4.69) is 10.1 Å². The van der Waals surface area contributed by atoms with Crippen molar-refractivity contribution in [2.75, 3.05) is 6.61 Å². The fourth-order valence-corrected chi connectivity index (χ4v) is 1.86. The molecule has 0 aliphatic heterocycles. The summed E-state index contributed by atoms with van der Waals surface area (Å²) < 4.78 is 6.62. The number of benzene rings is 1. The number of aromatic nitrogens is 3. The number of nitrogens with zero attached hydrogens (tertiary/aromatic N) is 2. The lowest BCUT2D eigenvalue weighted by Crippen LogP contribution is -2.05. The van der Waals surface area contributed by atoms with Gasteiger partial charge in [-0.1, -0.05) is 12.1 Å². The van der Waals surface area contributed by atoms with Crippen LogP contribution in [-0.2, 0) is 4.74 Å². The highest BCUT2D eigenvalue weighted by Gasteiger charge is 2.14. The average molecular weight is 229 g/mol. The number of ether oxygens (including phenoxy) is 1. The molecule has 5 heteroatoms. The number of hydrogen-bond acceptors (Lipinski definition) is 3. The maximum atomic E-state index is 11.5. The summed E-state index contributed by atoms with van der Waals surface area (Å²) in [4.78, 5) is 14.7. The monoisotopic (exact) mass is 229 g/mol. The SMILES string of the molecule is CCOC(=O)c1cc2[nH]c3ccccc3n2n1. The van der Waals surface area contributed by atoms with Gasteiger partial charge in [0.2, 0.25) is 0 Å². The first kappa shape index (κ1) is 9.89. The van der Waals surface area contributed by atoms with Crippen LogP contribution in [0.25, 0.3) is 16.7 Å². The van der Waals surface area contributed by atoms with E-state index in [-0.39, 0.29) is 0 Å². The molecule has 2 aromatic heterocycles. The van der Waals surface area contributed by atoms with Gasteiger partial charge >= 0.3 is 5.97 Å². The summed E-state index contributed by atoms with van der Waals surface area (Å²) in [6, 6.07) is 9.48. The van der Waals surface area contributed by atoms with Crippen molar-refractivity contribution in [3.63, 3.8) is 0 Å². The fraction of sp³-hybridized carbons (Fsp3) is 0.167. The van der Waals surface area contributed by atoms with E-state index in [1.165, 1.54) is 0 Å². The first-order valence-corrected chi connectivity index (χ1v) is 5.43. The summed E-state index contributed by atoms with van der Waals surface area (Å²) in [5.41, 5.74) is 3.04. The highest BCUT2D eigenvalue weighted by Crippen LogP contribution is 2.16. The van der Waals surface area contributed by atoms with Crippen LogP contribution in [-0.4, -0.2) is 27.2 Å². The second-order valence-electron chi connectivity index (χ2n) is 3.69.